The van der Waals surface area contributed by atoms with Gasteiger partial charge in [0.1, 0.15) is 0 Å². The van der Waals surface area contributed by atoms with Crippen molar-refractivity contribution in [3.63, 3.8) is 0 Å². The van der Waals surface area contributed by atoms with E-state index in [0.29, 0.717) is 0 Å². The number of hydrogen-bond donors (Lipinski definition) is 0. The fraction of sp³-hybridized carbons (Fsp3) is 0.333. The van der Waals surface area contributed by atoms with Crippen LogP contribution in [0, 0.1) is 0 Å². The van der Waals surface area contributed by atoms with Crippen molar-refractivity contribution >= 4 is 10.8 Å². The van der Waals surface area contributed by atoms with Gasteiger partial charge in [-0.25, -0.2) is 0 Å². The molecule has 0 aromatic heterocycles. The van der Waals surface area contributed by atoms with Crippen LogP contribution in [0.3, 0.4) is 0 Å². The third-order valence-electron chi connectivity index (χ3n) is 1.08. The predicted octanol–water partition coefficient (Wildman–Crippen LogP) is 1.63. The summed E-state index contributed by atoms with van der Waals surface area (Å²) in [7, 11) is -0.829. The first kappa shape index (κ1) is 13.9. The molecule has 12 heavy (non-hydrogen) atoms. The van der Waals surface area contributed by atoms with E-state index in [4.69, 9.17) is 0 Å². The molecule has 0 radical (unpaired) electrons. The monoisotopic (exact) mass is 188 g/mol. The lowest BCUT2D eigenvalue weighted by molar-refractivity contribution is 0.687. The standard InChI is InChI=1S/C7H8OS.C2H6.H2O/c1-9(8)7-5-3-2-4-6-7;1-2;/h2-6H,1H3;1-2H3;1H2. The zero-order valence-corrected chi connectivity index (χ0v) is 8.52. The van der Waals surface area contributed by atoms with E-state index in [2.05, 4.69) is 0 Å². The van der Waals surface area contributed by atoms with Gasteiger partial charge in [0.2, 0.25) is 0 Å². The zero-order valence-electron chi connectivity index (χ0n) is 7.70. The highest BCUT2D eigenvalue weighted by molar-refractivity contribution is 7.84. The Morgan fingerprint density at radius 2 is 1.50 bits per heavy atom. The first-order valence-corrected chi connectivity index (χ1v) is 5.25. The summed E-state index contributed by atoms with van der Waals surface area (Å²) < 4.78 is 10.8. The summed E-state index contributed by atoms with van der Waals surface area (Å²) in [6, 6.07) is 9.40. The maximum atomic E-state index is 10.8. The third-order valence-corrected chi connectivity index (χ3v) is 2.01. The van der Waals surface area contributed by atoms with E-state index in [1.54, 1.807) is 6.26 Å². The quantitative estimate of drug-likeness (QED) is 0.660. The highest BCUT2D eigenvalue weighted by atomic mass is 32.2. The van der Waals surface area contributed by atoms with Crippen LogP contribution in [0.25, 0.3) is 0 Å². The minimum Gasteiger partial charge on any atom is -0.412 e. The lowest BCUT2D eigenvalue weighted by Crippen LogP contribution is -1.83. The Balaban J connectivity index is 0. The smallest absolute Gasteiger partial charge is 0.0498 e. The Kier molecular flexibility index (Phi) is 9.75. The zero-order chi connectivity index (χ0) is 8.69. The molecular formula is C9H16O2S. The Morgan fingerprint density at radius 3 is 1.75 bits per heavy atom. The molecule has 0 heterocycles. The van der Waals surface area contributed by atoms with Gasteiger partial charge in [-0.3, -0.25) is 4.21 Å². The van der Waals surface area contributed by atoms with E-state index in [9.17, 15) is 4.21 Å². The second-order valence-electron chi connectivity index (χ2n) is 1.77. The second-order valence-corrected chi connectivity index (χ2v) is 3.15. The molecule has 2 N–H and O–H groups in total. The topological polar surface area (TPSA) is 48.6 Å². The number of hydrogen-bond acceptors (Lipinski definition) is 1. The molecule has 0 spiro atoms. The SMILES string of the molecule is CC.CS(=O)c1ccccc1.O. The molecule has 0 aliphatic carbocycles. The first-order chi connectivity index (χ1) is 5.30. The van der Waals surface area contributed by atoms with Crippen LogP contribution < -0.4 is 0 Å². The largest absolute Gasteiger partial charge is 0.412 e. The molecule has 2 nitrogen and oxygen atoms in total. The van der Waals surface area contributed by atoms with Gasteiger partial charge >= 0.3 is 0 Å². The van der Waals surface area contributed by atoms with Crippen molar-refractivity contribution in [1.82, 2.24) is 0 Å². The molecule has 0 aliphatic rings. The molecule has 0 aliphatic heterocycles. The van der Waals surface area contributed by atoms with Crippen molar-refractivity contribution < 1.29 is 9.69 Å². The van der Waals surface area contributed by atoms with Gasteiger partial charge in [0.15, 0.2) is 0 Å². The van der Waals surface area contributed by atoms with Crippen LogP contribution in [0.2, 0.25) is 0 Å². The molecule has 0 amide bonds. The highest BCUT2D eigenvalue weighted by Crippen LogP contribution is 2.01. The third kappa shape index (κ3) is 5.04. The summed E-state index contributed by atoms with van der Waals surface area (Å²) in [5.74, 6) is 0. The molecule has 1 aromatic carbocycles. The summed E-state index contributed by atoms with van der Waals surface area (Å²) in [5.41, 5.74) is 0. The molecule has 70 valence electrons. The van der Waals surface area contributed by atoms with Crippen molar-refractivity contribution in [2.45, 2.75) is 18.7 Å². The van der Waals surface area contributed by atoms with E-state index in [0.717, 1.165) is 4.90 Å². The van der Waals surface area contributed by atoms with Crippen LogP contribution in [0.5, 0.6) is 0 Å². The van der Waals surface area contributed by atoms with Crippen LogP contribution in [-0.2, 0) is 10.8 Å². The Labute approximate surface area is 76.4 Å². The van der Waals surface area contributed by atoms with Crippen molar-refractivity contribution in [1.29, 1.82) is 0 Å². The lowest BCUT2D eigenvalue weighted by Gasteiger charge is -1.90. The molecule has 3 heteroatoms. The van der Waals surface area contributed by atoms with Crippen LogP contribution in [0.15, 0.2) is 35.2 Å². The van der Waals surface area contributed by atoms with Gasteiger partial charge < -0.3 is 5.48 Å². The fourth-order valence-corrected chi connectivity index (χ4v) is 1.15. The van der Waals surface area contributed by atoms with Gasteiger partial charge in [0.05, 0.1) is 0 Å². The first-order valence-electron chi connectivity index (χ1n) is 3.69. The maximum absolute atomic E-state index is 10.8. The minimum atomic E-state index is -0.829. The Bertz CT molecular complexity index is 209. The lowest BCUT2D eigenvalue weighted by atomic mass is 10.4. The number of benzene rings is 1. The van der Waals surface area contributed by atoms with Gasteiger partial charge in [-0.05, 0) is 12.1 Å². The summed E-state index contributed by atoms with van der Waals surface area (Å²) in [6.07, 6.45) is 1.68. The van der Waals surface area contributed by atoms with E-state index >= 15 is 0 Å². The van der Waals surface area contributed by atoms with Crippen LogP contribution in [-0.4, -0.2) is 15.9 Å². The molecule has 1 unspecified atom stereocenters. The van der Waals surface area contributed by atoms with Crippen molar-refractivity contribution in [3.05, 3.63) is 30.3 Å². The fourth-order valence-electron chi connectivity index (χ4n) is 0.612. The average Bonchev–Trinajstić information content (AvgIpc) is 2.10. The highest BCUT2D eigenvalue weighted by Gasteiger charge is 1.90. The molecule has 0 fully saturated rings. The van der Waals surface area contributed by atoms with Crippen molar-refractivity contribution in [2.24, 2.45) is 0 Å². The van der Waals surface area contributed by atoms with Crippen LogP contribution in [0.4, 0.5) is 0 Å². The van der Waals surface area contributed by atoms with Gasteiger partial charge in [0.25, 0.3) is 0 Å². The Hall–Kier alpha value is -0.670. The van der Waals surface area contributed by atoms with Crippen LogP contribution in [0.1, 0.15) is 13.8 Å². The van der Waals surface area contributed by atoms with Crippen LogP contribution >= 0.6 is 0 Å². The molecule has 0 saturated carbocycles. The minimum absolute atomic E-state index is 0. The molecular weight excluding hydrogens is 172 g/mol. The van der Waals surface area contributed by atoms with Crippen molar-refractivity contribution in [2.75, 3.05) is 6.26 Å². The van der Waals surface area contributed by atoms with Gasteiger partial charge in [-0.15, -0.1) is 0 Å². The van der Waals surface area contributed by atoms with Crippen molar-refractivity contribution in [3.8, 4) is 0 Å². The summed E-state index contributed by atoms with van der Waals surface area (Å²) in [5, 5.41) is 0. The van der Waals surface area contributed by atoms with E-state index in [-0.39, 0.29) is 5.48 Å². The summed E-state index contributed by atoms with van der Waals surface area (Å²) in [6.45, 7) is 4.00. The van der Waals surface area contributed by atoms with Gasteiger partial charge in [0, 0.05) is 22.0 Å². The molecule has 1 rings (SSSR count). The molecule has 1 atom stereocenters. The second kappa shape index (κ2) is 8.43. The molecule has 0 bridgehead atoms. The Morgan fingerprint density at radius 1 is 1.08 bits per heavy atom. The molecule has 1 aromatic rings. The number of rotatable bonds is 1. The van der Waals surface area contributed by atoms with Gasteiger partial charge in [-0.1, -0.05) is 32.0 Å². The van der Waals surface area contributed by atoms with E-state index < -0.39 is 10.8 Å². The maximum Gasteiger partial charge on any atom is 0.0498 e. The molecule has 0 saturated heterocycles. The normalized spacial score (nSPS) is 10.2. The summed E-state index contributed by atoms with van der Waals surface area (Å²) >= 11 is 0. The van der Waals surface area contributed by atoms with Gasteiger partial charge in [-0.2, -0.15) is 0 Å². The van der Waals surface area contributed by atoms with E-state index in [1.165, 1.54) is 0 Å². The predicted molar refractivity (Wildman–Crippen MR) is 53.7 cm³/mol. The van der Waals surface area contributed by atoms with E-state index in [1.807, 2.05) is 44.2 Å². The summed E-state index contributed by atoms with van der Waals surface area (Å²) in [4.78, 5) is 0.887. The average molecular weight is 188 g/mol.